The van der Waals surface area contributed by atoms with Crippen LogP contribution in [-0.2, 0) is 0 Å². The Labute approximate surface area is 105 Å². The molecule has 0 spiro atoms. The molecule has 3 N–H and O–H groups in total. The fourth-order valence-corrected chi connectivity index (χ4v) is 3.54. The number of rotatable bonds is 4. The molecule has 0 radical (unpaired) electrons. The van der Waals surface area contributed by atoms with E-state index in [0.717, 1.165) is 23.5 Å². The Kier molecular flexibility index (Phi) is 4.25. The van der Waals surface area contributed by atoms with Crippen molar-refractivity contribution in [2.24, 2.45) is 11.8 Å². The summed E-state index contributed by atoms with van der Waals surface area (Å²) >= 11 is 1.91. The van der Waals surface area contributed by atoms with Crippen molar-refractivity contribution < 1.29 is 9.13 Å². The van der Waals surface area contributed by atoms with Crippen LogP contribution in [0, 0.1) is 11.7 Å². The first-order valence-corrected chi connectivity index (χ1v) is 6.79. The standard InChI is InChI=1S/C12H17FN2OS/c1-16-11-3-2-9(13)6-10(11)12(15-14)8-4-5-17-7-8/h2-3,6,8,12,15H,4-5,7,14H2,1H3. The average molecular weight is 256 g/mol. The molecule has 0 aliphatic carbocycles. The van der Waals surface area contributed by atoms with Crippen LogP contribution in [0.2, 0.25) is 0 Å². The lowest BCUT2D eigenvalue weighted by molar-refractivity contribution is 0.362. The molecule has 1 saturated heterocycles. The molecule has 2 unspecified atom stereocenters. The fourth-order valence-electron chi connectivity index (χ4n) is 2.24. The van der Waals surface area contributed by atoms with Crippen LogP contribution in [-0.4, -0.2) is 18.6 Å². The summed E-state index contributed by atoms with van der Waals surface area (Å²) < 4.78 is 18.6. The molecule has 1 aliphatic rings. The zero-order valence-electron chi connectivity index (χ0n) is 9.78. The normalized spacial score (nSPS) is 21.5. The zero-order valence-corrected chi connectivity index (χ0v) is 10.6. The van der Waals surface area contributed by atoms with E-state index in [-0.39, 0.29) is 11.9 Å². The number of nitrogens with one attached hydrogen (secondary N) is 1. The third-order valence-corrected chi connectivity index (χ3v) is 4.33. The van der Waals surface area contributed by atoms with Gasteiger partial charge in [0.25, 0.3) is 0 Å². The Morgan fingerprint density at radius 2 is 2.41 bits per heavy atom. The molecule has 1 heterocycles. The van der Waals surface area contributed by atoms with Gasteiger partial charge in [-0.05, 0) is 42.0 Å². The molecular formula is C12H17FN2OS. The van der Waals surface area contributed by atoms with Gasteiger partial charge in [-0.15, -0.1) is 0 Å². The van der Waals surface area contributed by atoms with Crippen LogP contribution >= 0.6 is 11.8 Å². The molecule has 3 nitrogen and oxygen atoms in total. The van der Waals surface area contributed by atoms with Crippen LogP contribution in [0.3, 0.4) is 0 Å². The lowest BCUT2D eigenvalue weighted by Gasteiger charge is -2.24. The fraction of sp³-hybridized carbons (Fsp3) is 0.500. The number of halogens is 1. The maximum absolute atomic E-state index is 13.3. The quantitative estimate of drug-likeness (QED) is 0.639. The molecule has 0 saturated carbocycles. The summed E-state index contributed by atoms with van der Waals surface area (Å²) in [7, 11) is 1.59. The van der Waals surface area contributed by atoms with Gasteiger partial charge in [0.05, 0.1) is 13.2 Å². The summed E-state index contributed by atoms with van der Waals surface area (Å²) in [5.74, 6) is 8.67. The average Bonchev–Trinajstić information content (AvgIpc) is 2.84. The first kappa shape index (κ1) is 12.7. The Bertz CT molecular complexity index is 383. The molecule has 1 aromatic carbocycles. The topological polar surface area (TPSA) is 47.3 Å². The molecule has 5 heteroatoms. The van der Waals surface area contributed by atoms with E-state index in [1.165, 1.54) is 12.1 Å². The monoisotopic (exact) mass is 256 g/mol. The van der Waals surface area contributed by atoms with Crippen molar-refractivity contribution in [2.45, 2.75) is 12.5 Å². The van der Waals surface area contributed by atoms with Gasteiger partial charge in [-0.3, -0.25) is 11.3 Å². The highest BCUT2D eigenvalue weighted by atomic mass is 32.2. The first-order valence-electron chi connectivity index (χ1n) is 5.63. The van der Waals surface area contributed by atoms with Gasteiger partial charge in [0.15, 0.2) is 0 Å². The molecule has 94 valence electrons. The highest BCUT2D eigenvalue weighted by Crippen LogP contribution is 2.37. The molecule has 1 aromatic rings. The van der Waals surface area contributed by atoms with Gasteiger partial charge in [0.2, 0.25) is 0 Å². The molecular weight excluding hydrogens is 239 g/mol. The van der Waals surface area contributed by atoms with Gasteiger partial charge >= 0.3 is 0 Å². The summed E-state index contributed by atoms with van der Waals surface area (Å²) in [6, 6.07) is 4.51. The van der Waals surface area contributed by atoms with Crippen LogP contribution in [0.1, 0.15) is 18.0 Å². The summed E-state index contributed by atoms with van der Waals surface area (Å²) in [4.78, 5) is 0. The van der Waals surface area contributed by atoms with Crippen LogP contribution in [0.4, 0.5) is 4.39 Å². The number of nitrogens with two attached hydrogens (primary N) is 1. The second-order valence-corrected chi connectivity index (χ2v) is 5.30. The Morgan fingerprint density at radius 3 is 3.00 bits per heavy atom. The molecule has 2 atom stereocenters. The molecule has 0 aromatic heterocycles. The van der Waals surface area contributed by atoms with E-state index in [2.05, 4.69) is 5.43 Å². The molecule has 0 bridgehead atoms. The van der Waals surface area contributed by atoms with Crippen molar-refractivity contribution in [1.29, 1.82) is 0 Å². The SMILES string of the molecule is COc1ccc(F)cc1C(NN)C1CCSC1. The summed E-state index contributed by atoms with van der Waals surface area (Å²) in [5.41, 5.74) is 3.61. The maximum atomic E-state index is 13.3. The largest absolute Gasteiger partial charge is 0.496 e. The minimum Gasteiger partial charge on any atom is -0.496 e. The number of hydrogen-bond donors (Lipinski definition) is 2. The predicted octanol–water partition coefficient (Wildman–Crippen LogP) is 2.09. The minimum absolute atomic E-state index is 0.0457. The maximum Gasteiger partial charge on any atom is 0.123 e. The molecule has 1 aliphatic heterocycles. The van der Waals surface area contributed by atoms with Crippen molar-refractivity contribution in [1.82, 2.24) is 5.43 Å². The molecule has 2 rings (SSSR count). The number of thioether (sulfide) groups is 1. The molecule has 0 amide bonds. The molecule has 17 heavy (non-hydrogen) atoms. The second kappa shape index (κ2) is 5.71. The van der Waals surface area contributed by atoms with E-state index in [1.54, 1.807) is 13.2 Å². The van der Waals surface area contributed by atoms with Crippen LogP contribution in [0.5, 0.6) is 5.75 Å². The summed E-state index contributed by atoms with van der Waals surface area (Å²) in [5, 5.41) is 0. The van der Waals surface area contributed by atoms with Gasteiger partial charge < -0.3 is 4.74 Å². The number of ether oxygens (including phenoxy) is 1. The van der Waals surface area contributed by atoms with Crippen molar-refractivity contribution in [3.63, 3.8) is 0 Å². The van der Waals surface area contributed by atoms with Crippen LogP contribution in [0.15, 0.2) is 18.2 Å². The summed E-state index contributed by atoms with van der Waals surface area (Å²) in [6.07, 6.45) is 1.10. The van der Waals surface area contributed by atoms with Gasteiger partial charge in [-0.1, -0.05) is 0 Å². The van der Waals surface area contributed by atoms with Crippen LogP contribution < -0.4 is 16.0 Å². The van der Waals surface area contributed by atoms with E-state index in [4.69, 9.17) is 10.6 Å². The van der Waals surface area contributed by atoms with Crippen molar-refractivity contribution in [3.8, 4) is 5.75 Å². The third kappa shape index (κ3) is 2.73. The van der Waals surface area contributed by atoms with E-state index >= 15 is 0 Å². The lowest BCUT2D eigenvalue weighted by Crippen LogP contribution is -2.34. The smallest absolute Gasteiger partial charge is 0.123 e. The lowest BCUT2D eigenvalue weighted by atomic mass is 9.92. The van der Waals surface area contributed by atoms with E-state index in [1.807, 2.05) is 11.8 Å². The van der Waals surface area contributed by atoms with E-state index < -0.39 is 0 Å². The van der Waals surface area contributed by atoms with Gasteiger partial charge in [-0.25, -0.2) is 4.39 Å². The highest BCUT2D eigenvalue weighted by molar-refractivity contribution is 7.99. The van der Waals surface area contributed by atoms with E-state index in [9.17, 15) is 4.39 Å². The zero-order chi connectivity index (χ0) is 12.3. The van der Waals surface area contributed by atoms with Gasteiger partial charge in [-0.2, -0.15) is 11.8 Å². The predicted molar refractivity (Wildman–Crippen MR) is 68.4 cm³/mol. The Morgan fingerprint density at radius 1 is 1.59 bits per heavy atom. The van der Waals surface area contributed by atoms with Crippen molar-refractivity contribution in [2.75, 3.05) is 18.6 Å². The second-order valence-electron chi connectivity index (χ2n) is 4.15. The van der Waals surface area contributed by atoms with Gasteiger partial charge in [0.1, 0.15) is 11.6 Å². The Balaban J connectivity index is 2.31. The van der Waals surface area contributed by atoms with Crippen molar-refractivity contribution >= 4 is 11.8 Å². The number of hydrogen-bond acceptors (Lipinski definition) is 4. The number of hydrazine groups is 1. The van der Waals surface area contributed by atoms with Crippen molar-refractivity contribution in [3.05, 3.63) is 29.6 Å². The van der Waals surface area contributed by atoms with E-state index in [0.29, 0.717) is 11.7 Å². The number of benzene rings is 1. The minimum atomic E-state index is -0.258. The summed E-state index contributed by atoms with van der Waals surface area (Å²) in [6.45, 7) is 0. The molecule has 1 fully saturated rings. The van der Waals surface area contributed by atoms with Crippen LogP contribution in [0.25, 0.3) is 0 Å². The number of methoxy groups -OCH3 is 1. The van der Waals surface area contributed by atoms with Gasteiger partial charge in [0, 0.05) is 5.56 Å². The Hall–Kier alpha value is -0.780. The first-order chi connectivity index (χ1) is 8.26. The highest BCUT2D eigenvalue weighted by Gasteiger charge is 2.28. The third-order valence-electron chi connectivity index (χ3n) is 3.14.